The fourth-order valence-electron chi connectivity index (χ4n) is 3.81. The highest BCUT2D eigenvalue weighted by atomic mass is 16.5. The topological polar surface area (TPSA) is 99.7 Å². The van der Waals surface area contributed by atoms with Crippen molar-refractivity contribution in [1.82, 2.24) is 16.0 Å². The van der Waals surface area contributed by atoms with Gasteiger partial charge in [0.05, 0.1) is 25.2 Å². The Labute approximate surface area is 171 Å². The molecule has 0 bridgehead atoms. The third kappa shape index (κ3) is 6.87. The van der Waals surface area contributed by atoms with Crippen LogP contribution in [0, 0.1) is 0 Å². The fourth-order valence-corrected chi connectivity index (χ4v) is 3.81. The third-order valence-corrected chi connectivity index (χ3v) is 5.42. The second-order valence-corrected chi connectivity index (χ2v) is 7.73. The second-order valence-electron chi connectivity index (χ2n) is 7.73. The van der Waals surface area contributed by atoms with E-state index in [4.69, 9.17) is 4.74 Å². The highest BCUT2D eigenvalue weighted by Crippen LogP contribution is 2.18. The van der Waals surface area contributed by atoms with Gasteiger partial charge in [0, 0.05) is 12.6 Å². The van der Waals surface area contributed by atoms with Gasteiger partial charge in [0.1, 0.15) is 6.10 Å². The summed E-state index contributed by atoms with van der Waals surface area (Å²) in [4.78, 5) is 24.5. The average Bonchev–Trinajstić information content (AvgIpc) is 2.74. The number of carbonyl (C=O) groups excluding carboxylic acids is 2. The lowest BCUT2D eigenvalue weighted by atomic mass is 9.96. The number of aliphatic hydroxyl groups excluding tert-OH is 1. The van der Waals surface area contributed by atoms with Gasteiger partial charge in [-0.15, -0.1) is 0 Å². The molecule has 0 aromatic heterocycles. The summed E-state index contributed by atoms with van der Waals surface area (Å²) in [6.07, 6.45) is 8.27. The molecule has 0 unspecified atom stereocenters. The van der Waals surface area contributed by atoms with Gasteiger partial charge in [-0.2, -0.15) is 0 Å². The molecule has 1 fully saturated rings. The Bertz CT molecular complexity index is 689. The van der Waals surface area contributed by atoms with Crippen molar-refractivity contribution in [2.24, 2.45) is 0 Å². The van der Waals surface area contributed by atoms with Gasteiger partial charge in [-0.05, 0) is 18.4 Å². The normalized spacial score (nSPS) is 24.7. The Morgan fingerprint density at radius 3 is 2.52 bits per heavy atom. The van der Waals surface area contributed by atoms with Crippen molar-refractivity contribution in [3.63, 3.8) is 0 Å². The Kier molecular flexibility index (Phi) is 8.07. The molecule has 1 aliphatic carbocycles. The molecule has 0 radical (unpaired) electrons. The van der Waals surface area contributed by atoms with Crippen molar-refractivity contribution in [2.45, 2.75) is 69.4 Å². The first kappa shape index (κ1) is 21.3. The highest BCUT2D eigenvalue weighted by Gasteiger charge is 2.29. The SMILES string of the molecule is O=C(C[C@@H]1C=C[C@H](NC(=O)NC2CCCCC2)[C@@H](CO)O1)NCc1ccccc1. The molecule has 1 aromatic rings. The number of rotatable bonds is 7. The number of aliphatic hydroxyl groups is 1. The summed E-state index contributed by atoms with van der Waals surface area (Å²) in [5, 5.41) is 18.4. The minimum atomic E-state index is -0.580. The molecule has 3 atom stereocenters. The molecular formula is C22H31N3O4. The molecule has 1 heterocycles. The minimum absolute atomic E-state index is 0.123. The van der Waals surface area contributed by atoms with Crippen LogP contribution in [0.2, 0.25) is 0 Å². The summed E-state index contributed by atoms with van der Waals surface area (Å²) in [5.74, 6) is -0.123. The second kappa shape index (κ2) is 11.0. The van der Waals surface area contributed by atoms with Gasteiger partial charge in [0.25, 0.3) is 0 Å². The van der Waals surface area contributed by atoms with Gasteiger partial charge < -0.3 is 25.8 Å². The molecule has 3 rings (SSSR count). The number of ether oxygens (including phenoxy) is 1. The molecule has 3 amide bonds. The van der Waals surface area contributed by atoms with E-state index < -0.39 is 18.2 Å². The Morgan fingerprint density at radius 1 is 1.03 bits per heavy atom. The first-order valence-electron chi connectivity index (χ1n) is 10.5. The van der Waals surface area contributed by atoms with Gasteiger partial charge in [-0.25, -0.2) is 4.79 Å². The number of hydrogen-bond acceptors (Lipinski definition) is 4. The van der Waals surface area contributed by atoms with Crippen LogP contribution in [-0.4, -0.2) is 47.9 Å². The molecule has 1 aromatic carbocycles. The Hall–Kier alpha value is -2.38. The molecule has 7 nitrogen and oxygen atoms in total. The van der Waals surface area contributed by atoms with Crippen molar-refractivity contribution in [1.29, 1.82) is 0 Å². The molecule has 0 spiro atoms. The predicted molar refractivity (Wildman–Crippen MR) is 110 cm³/mol. The standard InChI is InChI=1S/C22H31N3O4/c26-15-20-19(25-22(28)24-17-9-5-2-6-10-17)12-11-18(29-20)13-21(27)23-14-16-7-3-1-4-8-16/h1,3-4,7-8,11-12,17-20,26H,2,5-6,9-10,13-15H2,(H,23,27)(H2,24,25,28)/t18-,19-,20+/m0/s1. The summed E-state index contributed by atoms with van der Waals surface area (Å²) < 4.78 is 5.82. The van der Waals surface area contributed by atoms with E-state index in [9.17, 15) is 14.7 Å². The lowest BCUT2D eigenvalue weighted by molar-refractivity contribution is -0.125. The number of amides is 3. The molecule has 29 heavy (non-hydrogen) atoms. The Balaban J connectivity index is 1.44. The number of benzene rings is 1. The largest absolute Gasteiger partial charge is 0.394 e. The van der Waals surface area contributed by atoms with E-state index in [0.717, 1.165) is 31.2 Å². The van der Waals surface area contributed by atoms with Gasteiger partial charge >= 0.3 is 6.03 Å². The average molecular weight is 402 g/mol. The van der Waals surface area contributed by atoms with Crippen LogP contribution >= 0.6 is 0 Å². The summed E-state index contributed by atoms with van der Waals surface area (Å²) in [6, 6.07) is 9.24. The monoisotopic (exact) mass is 401 g/mol. The molecule has 7 heteroatoms. The summed E-state index contributed by atoms with van der Waals surface area (Å²) in [7, 11) is 0. The van der Waals surface area contributed by atoms with Crippen molar-refractivity contribution in [2.75, 3.05) is 6.61 Å². The van der Waals surface area contributed by atoms with E-state index in [-0.39, 0.29) is 31.0 Å². The van der Waals surface area contributed by atoms with Crippen LogP contribution in [-0.2, 0) is 16.1 Å². The zero-order valence-electron chi connectivity index (χ0n) is 16.7. The maximum Gasteiger partial charge on any atom is 0.315 e. The van der Waals surface area contributed by atoms with Crippen LogP contribution in [0.25, 0.3) is 0 Å². The maximum absolute atomic E-state index is 12.3. The van der Waals surface area contributed by atoms with E-state index >= 15 is 0 Å². The molecule has 4 N–H and O–H groups in total. The summed E-state index contributed by atoms with van der Waals surface area (Å²) in [6.45, 7) is 0.228. The van der Waals surface area contributed by atoms with Crippen LogP contribution < -0.4 is 16.0 Å². The van der Waals surface area contributed by atoms with E-state index in [2.05, 4.69) is 16.0 Å². The Morgan fingerprint density at radius 2 is 1.79 bits per heavy atom. The summed E-state index contributed by atoms with van der Waals surface area (Å²) >= 11 is 0. The quantitative estimate of drug-likeness (QED) is 0.525. The smallest absolute Gasteiger partial charge is 0.315 e. The molecule has 1 saturated carbocycles. The first-order chi connectivity index (χ1) is 14.1. The molecule has 158 valence electrons. The minimum Gasteiger partial charge on any atom is -0.394 e. The van der Waals surface area contributed by atoms with Crippen LogP contribution in [0.5, 0.6) is 0 Å². The van der Waals surface area contributed by atoms with Gasteiger partial charge in [-0.1, -0.05) is 61.7 Å². The van der Waals surface area contributed by atoms with Gasteiger partial charge in [0.2, 0.25) is 5.91 Å². The van der Waals surface area contributed by atoms with Crippen LogP contribution in [0.1, 0.15) is 44.1 Å². The van der Waals surface area contributed by atoms with E-state index in [0.29, 0.717) is 6.54 Å². The lowest BCUT2D eigenvalue weighted by Gasteiger charge is -2.32. The lowest BCUT2D eigenvalue weighted by Crippen LogP contribution is -2.53. The number of carbonyl (C=O) groups is 2. The summed E-state index contributed by atoms with van der Waals surface area (Å²) in [5.41, 5.74) is 1.03. The molecule has 0 saturated heterocycles. The van der Waals surface area contributed by atoms with Crippen LogP contribution in [0.15, 0.2) is 42.5 Å². The van der Waals surface area contributed by atoms with Crippen LogP contribution in [0.3, 0.4) is 0 Å². The number of urea groups is 1. The zero-order valence-corrected chi connectivity index (χ0v) is 16.7. The first-order valence-corrected chi connectivity index (χ1v) is 10.5. The van der Waals surface area contributed by atoms with Gasteiger partial charge in [-0.3, -0.25) is 4.79 Å². The van der Waals surface area contributed by atoms with Crippen molar-refractivity contribution in [3.05, 3.63) is 48.0 Å². The van der Waals surface area contributed by atoms with Crippen molar-refractivity contribution >= 4 is 11.9 Å². The van der Waals surface area contributed by atoms with Gasteiger partial charge in [0.15, 0.2) is 0 Å². The highest BCUT2D eigenvalue weighted by molar-refractivity contribution is 5.77. The molecule has 1 aliphatic heterocycles. The fraction of sp³-hybridized carbons (Fsp3) is 0.545. The third-order valence-electron chi connectivity index (χ3n) is 5.42. The van der Waals surface area contributed by atoms with Crippen LogP contribution in [0.4, 0.5) is 4.79 Å². The zero-order chi connectivity index (χ0) is 20.5. The van der Waals surface area contributed by atoms with E-state index in [1.165, 1.54) is 6.42 Å². The van der Waals surface area contributed by atoms with Crippen molar-refractivity contribution < 1.29 is 19.4 Å². The number of hydrogen-bond donors (Lipinski definition) is 4. The molecule has 2 aliphatic rings. The predicted octanol–water partition coefficient (Wildman–Crippen LogP) is 2.01. The van der Waals surface area contributed by atoms with Crippen molar-refractivity contribution in [3.8, 4) is 0 Å². The molecular weight excluding hydrogens is 370 g/mol. The number of nitrogens with one attached hydrogen (secondary N) is 3. The van der Waals surface area contributed by atoms with E-state index in [1.807, 2.05) is 30.3 Å². The van der Waals surface area contributed by atoms with E-state index in [1.54, 1.807) is 12.2 Å². The maximum atomic E-state index is 12.3.